The summed E-state index contributed by atoms with van der Waals surface area (Å²) in [7, 11) is -11.9. The summed E-state index contributed by atoms with van der Waals surface area (Å²) in [5.41, 5.74) is -1.23. The van der Waals surface area contributed by atoms with E-state index in [-0.39, 0.29) is 0 Å². The van der Waals surface area contributed by atoms with Crippen LogP contribution in [0.1, 0.15) is 32.1 Å². The van der Waals surface area contributed by atoms with E-state index in [1.165, 1.54) is 9.80 Å². The predicted octanol–water partition coefficient (Wildman–Crippen LogP) is -0.508. The summed E-state index contributed by atoms with van der Waals surface area (Å²) in [6.45, 7) is 0. The second kappa shape index (κ2) is 10.3. The van der Waals surface area contributed by atoms with E-state index in [1.54, 1.807) is 0 Å². The Bertz CT molecular complexity index is 443. The molecule has 4 atom stereocenters. The van der Waals surface area contributed by atoms with Crippen molar-refractivity contribution in [3.8, 4) is 0 Å². The molecule has 14 heteroatoms. The molecule has 0 amide bonds. The summed E-state index contributed by atoms with van der Waals surface area (Å²) in [4.78, 5) is 47.1. The standard InChI is InChI=1S/C10H18N2O8P4/c13-21(14)6-11(7-22(15)16)10(4-2-1-3-5-10)12(8-23(17)18)9-24(19)20/h1-9H2. The summed E-state index contributed by atoms with van der Waals surface area (Å²) >= 11 is 0. The van der Waals surface area contributed by atoms with Gasteiger partial charge in [-0.05, 0) is 12.8 Å². The van der Waals surface area contributed by atoms with E-state index >= 15 is 0 Å². The molecule has 24 heavy (non-hydrogen) atoms. The van der Waals surface area contributed by atoms with Crippen LogP contribution in [0.5, 0.6) is 0 Å². The van der Waals surface area contributed by atoms with Gasteiger partial charge in [-0.25, -0.2) is 9.80 Å². The molecule has 0 aliphatic heterocycles. The maximum absolute atomic E-state index is 11.2. The molecule has 0 aromatic rings. The van der Waals surface area contributed by atoms with E-state index < -0.39 is 62.9 Å². The Hall–Kier alpha value is 0.160. The Kier molecular flexibility index (Phi) is 9.57. The van der Waals surface area contributed by atoms with Crippen LogP contribution in [-0.4, -0.2) is 40.6 Å². The van der Waals surface area contributed by atoms with Crippen molar-refractivity contribution >= 4 is 32.1 Å². The van der Waals surface area contributed by atoms with Gasteiger partial charge in [0.25, 0.3) is 0 Å². The quantitative estimate of drug-likeness (QED) is 0.333. The van der Waals surface area contributed by atoms with Gasteiger partial charge in [-0.15, -0.1) is 0 Å². The van der Waals surface area contributed by atoms with E-state index in [9.17, 15) is 37.8 Å². The summed E-state index contributed by atoms with van der Waals surface area (Å²) in [6, 6.07) is 0. The van der Waals surface area contributed by atoms with Crippen LogP contribution in [0.3, 0.4) is 0 Å². The van der Waals surface area contributed by atoms with Crippen molar-refractivity contribution in [1.29, 1.82) is 0 Å². The zero-order valence-electron chi connectivity index (χ0n) is 12.8. The first-order valence-corrected chi connectivity index (χ1v) is 12.6. The van der Waals surface area contributed by atoms with Gasteiger partial charge in [0.15, 0.2) is 0 Å². The van der Waals surface area contributed by atoms with Crippen LogP contribution >= 0.6 is 32.1 Å². The zero-order chi connectivity index (χ0) is 18.3. The Labute approximate surface area is 143 Å². The van der Waals surface area contributed by atoms with E-state index in [4.69, 9.17) is 0 Å². The zero-order valence-corrected chi connectivity index (χ0v) is 16.4. The lowest BCUT2D eigenvalue weighted by molar-refractivity contribution is -0.179. The van der Waals surface area contributed by atoms with Crippen LogP contribution in [0.15, 0.2) is 0 Å². The molecule has 1 aliphatic rings. The third-order valence-corrected chi connectivity index (χ3v) is 6.27. The predicted molar refractivity (Wildman–Crippen MR) is 79.4 cm³/mol. The molecule has 136 valence electrons. The molecule has 1 aliphatic carbocycles. The Balaban J connectivity index is 3.27. The molecule has 4 unspecified atom stereocenters. The van der Waals surface area contributed by atoms with E-state index in [0.717, 1.165) is 6.42 Å². The van der Waals surface area contributed by atoms with Gasteiger partial charge in [0.2, 0.25) is 25.1 Å². The minimum Gasteiger partial charge on any atom is -0.594 e. The van der Waals surface area contributed by atoms with Crippen molar-refractivity contribution in [3.63, 3.8) is 0 Å². The minimum atomic E-state index is -2.96. The molecule has 0 spiro atoms. The van der Waals surface area contributed by atoms with Gasteiger partial charge >= 0.3 is 32.1 Å². The fourth-order valence-electron chi connectivity index (χ4n) is 3.12. The average molecular weight is 418 g/mol. The molecule has 0 bridgehead atoms. The molecule has 0 radical (unpaired) electrons. The van der Waals surface area contributed by atoms with Gasteiger partial charge in [0, 0.05) is 0 Å². The number of hydrogen-bond acceptors (Lipinski definition) is 10. The second-order valence-corrected chi connectivity index (χ2v) is 9.31. The lowest BCUT2D eigenvalue weighted by atomic mass is 9.87. The summed E-state index contributed by atoms with van der Waals surface area (Å²) in [5, 5.41) is 0. The molecule has 10 nitrogen and oxygen atoms in total. The summed E-state index contributed by atoms with van der Waals surface area (Å²) in [6.07, 6.45) is 0.315. The molecular formula is C10H18N2O8P4. The lowest BCUT2D eigenvalue weighted by Gasteiger charge is -2.47. The van der Waals surface area contributed by atoms with Crippen LogP contribution in [0.4, 0.5) is 0 Å². The molecule has 1 saturated carbocycles. The Morgan fingerprint density at radius 2 is 0.917 bits per heavy atom. The van der Waals surface area contributed by atoms with E-state index in [1.807, 2.05) is 0 Å². The van der Waals surface area contributed by atoms with E-state index in [0.29, 0.717) is 25.7 Å². The molecule has 1 fully saturated rings. The molecule has 0 aromatic heterocycles. The molecule has 0 aromatic carbocycles. The fourth-order valence-corrected chi connectivity index (χ4v) is 6.01. The Morgan fingerprint density at radius 3 is 1.17 bits per heavy atom. The van der Waals surface area contributed by atoms with Crippen molar-refractivity contribution < 1.29 is 37.8 Å². The van der Waals surface area contributed by atoms with Crippen LogP contribution in [0.25, 0.3) is 0 Å². The second-order valence-electron chi connectivity index (χ2n) is 5.52. The number of nitrogens with zero attached hydrogens (tertiary/aromatic N) is 2. The van der Waals surface area contributed by atoms with Crippen LogP contribution < -0.4 is 19.6 Å². The van der Waals surface area contributed by atoms with Crippen LogP contribution in [-0.2, 0) is 18.3 Å². The van der Waals surface area contributed by atoms with Gasteiger partial charge in [-0.2, -0.15) is 0 Å². The maximum Gasteiger partial charge on any atom is 0.325 e. The van der Waals surface area contributed by atoms with Crippen molar-refractivity contribution in [1.82, 2.24) is 9.80 Å². The minimum absolute atomic E-state index is 0.297. The first kappa shape index (κ1) is 22.2. The molecule has 0 heterocycles. The van der Waals surface area contributed by atoms with Gasteiger partial charge in [0.05, 0.1) is 5.66 Å². The molecule has 0 saturated heterocycles. The van der Waals surface area contributed by atoms with Gasteiger partial charge < -0.3 is 19.6 Å². The van der Waals surface area contributed by atoms with E-state index in [2.05, 4.69) is 0 Å². The number of rotatable bonds is 10. The van der Waals surface area contributed by atoms with Gasteiger partial charge in [0.1, 0.15) is 0 Å². The smallest absolute Gasteiger partial charge is 0.325 e. The van der Waals surface area contributed by atoms with Crippen molar-refractivity contribution in [3.05, 3.63) is 0 Å². The van der Waals surface area contributed by atoms with Crippen LogP contribution in [0, 0.1) is 0 Å². The monoisotopic (exact) mass is 418 g/mol. The largest absolute Gasteiger partial charge is 0.594 e. The topological polar surface area (TPSA) is 167 Å². The highest BCUT2D eigenvalue weighted by atomic mass is 31.1. The highest BCUT2D eigenvalue weighted by Crippen LogP contribution is 2.42. The summed E-state index contributed by atoms with van der Waals surface area (Å²) < 4.78 is 44.7. The molecule has 0 N–H and O–H groups in total. The first-order valence-electron chi connectivity index (χ1n) is 7.14. The fraction of sp³-hybridized carbons (Fsp3) is 1.00. The Morgan fingerprint density at radius 1 is 0.625 bits per heavy atom. The summed E-state index contributed by atoms with van der Waals surface area (Å²) in [5.74, 6) is 0. The van der Waals surface area contributed by atoms with Crippen molar-refractivity contribution in [2.75, 3.05) is 25.1 Å². The molecular weight excluding hydrogens is 400 g/mol. The third-order valence-electron chi connectivity index (χ3n) is 3.98. The maximum atomic E-state index is 11.2. The highest BCUT2D eigenvalue weighted by molar-refractivity contribution is 7.37. The van der Waals surface area contributed by atoms with Crippen LogP contribution in [0.2, 0.25) is 0 Å². The highest BCUT2D eigenvalue weighted by Gasteiger charge is 2.49. The van der Waals surface area contributed by atoms with Gasteiger partial charge in [-0.3, -0.25) is 0 Å². The average Bonchev–Trinajstić information content (AvgIpc) is 2.44. The molecule has 1 rings (SSSR count). The van der Waals surface area contributed by atoms with Crippen molar-refractivity contribution in [2.45, 2.75) is 37.8 Å². The normalized spacial score (nSPS) is 20.1. The van der Waals surface area contributed by atoms with Crippen molar-refractivity contribution in [2.24, 2.45) is 0 Å². The van der Waals surface area contributed by atoms with Gasteiger partial charge in [-0.1, -0.05) is 37.5 Å². The SMILES string of the molecule is O=[P+]([O-])CN(C[P+](=O)[O-])C1(N(C[P+](=O)[O-])C[P+](=O)[O-])CCCCC1. The number of hydrogen-bond donors (Lipinski definition) is 0. The first-order chi connectivity index (χ1) is 11.2. The third kappa shape index (κ3) is 6.81. The lowest BCUT2D eigenvalue weighted by Crippen LogP contribution is -2.61.